The van der Waals surface area contributed by atoms with E-state index in [0.717, 1.165) is 0 Å². The molecule has 0 aromatic heterocycles. The van der Waals surface area contributed by atoms with Crippen molar-refractivity contribution in [1.82, 2.24) is 0 Å². The zero-order valence-electron chi connectivity index (χ0n) is 5.70. The average Bonchev–Trinajstić information content (AvgIpc) is 1.99. The van der Waals surface area contributed by atoms with Crippen LogP contribution in [0.25, 0.3) is 0 Å². The van der Waals surface area contributed by atoms with Crippen LogP contribution in [0.1, 0.15) is 0 Å². The lowest BCUT2D eigenvalue weighted by Gasteiger charge is -2.04. The van der Waals surface area contributed by atoms with Crippen molar-refractivity contribution < 1.29 is 9.13 Å². The fourth-order valence-corrected chi connectivity index (χ4v) is 1.34. The van der Waals surface area contributed by atoms with E-state index in [1.807, 2.05) is 22.6 Å². The van der Waals surface area contributed by atoms with Crippen LogP contribution in [-0.2, 0) is 0 Å². The van der Waals surface area contributed by atoms with E-state index in [1.54, 1.807) is 12.1 Å². The summed E-state index contributed by atoms with van der Waals surface area (Å²) in [5, 5.41) is 0.297. The number of methoxy groups -OCH3 is 1. The van der Waals surface area contributed by atoms with Crippen LogP contribution in [0.15, 0.2) is 12.1 Å². The molecule has 0 unspecified atom stereocenters. The molecule has 60 valence electrons. The first-order valence-electron chi connectivity index (χ1n) is 2.84. The van der Waals surface area contributed by atoms with Gasteiger partial charge in [0, 0.05) is 0 Å². The molecule has 0 spiro atoms. The van der Waals surface area contributed by atoms with Crippen LogP contribution in [-0.4, -0.2) is 7.11 Å². The summed E-state index contributed by atoms with van der Waals surface area (Å²) in [5.74, 6) is -0.292. The molecule has 1 aromatic rings. The minimum Gasteiger partial charge on any atom is -0.492 e. The Bertz CT molecular complexity index is 277. The molecule has 0 bridgehead atoms. The number of benzene rings is 1. The largest absolute Gasteiger partial charge is 0.492 e. The predicted molar refractivity (Wildman–Crippen MR) is 50.7 cm³/mol. The topological polar surface area (TPSA) is 9.23 Å². The Morgan fingerprint density at radius 2 is 2.18 bits per heavy atom. The van der Waals surface area contributed by atoms with Gasteiger partial charge < -0.3 is 4.74 Å². The van der Waals surface area contributed by atoms with E-state index < -0.39 is 5.82 Å². The van der Waals surface area contributed by atoms with Gasteiger partial charge >= 0.3 is 0 Å². The van der Waals surface area contributed by atoms with Gasteiger partial charge in [0.1, 0.15) is 0 Å². The molecule has 0 fully saturated rings. The van der Waals surface area contributed by atoms with Crippen molar-refractivity contribution in [3.8, 4) is 5.75 Å². The molecule has 0 amide bonds. The first-order valence-corrected chi connectivity index (χ1v) is 4.30. The highest BCUT2D eigenvalue weighted by Crippen LogP contribution is 2.29. The molecule has 0 N–H and O–H groups in total. The summed E-state index contributed by atoms with van der Waals surface area (Å²) in [5.41, 5.74) is 0. The standard InChI is InChI=1S/C7H5ClFIO/c1-11-7-4(8)2-3-5(10)6(7)9/h2-3H,1H3. The lowest BCUT2D eigenvalue weighted by Crippen LogP contribution is -1.91. The van der Waals surface area contributed by atoms with Crippen LogP contribution >= 0.6 is 34.2 Å². The van der Waals surface area contributed by atoms with E-state index in [1.165, 1.54) is 7.11 Å². The molecule has 11 heavy (non-hydrogen) atoms. The lowest BCUT2D eigenvalue weighted by atomic mass is 10.3. The van der Waals surface area contributed by atoms with E-state index in [-0.39, 0.29) is 5.75 Å². The smallest absolute Gasteiger partial charge is 0.179 e. The third-order valence-electron chi connectivity index (χ3n) is 1.21. The maximum Gasteiger partial charge on any atom is 0.179 e. The molecular formula is C7H5ClFIO. The highest BCUT2D eigenvalue weighted by molar-refractivity contribution is 14.1. The Balaban J connectivity index is 3.29. The Kier molecular flexibility index (Phi) is 2.95. The second-order valence-electron chi connectivity index (χ2n) is 1.88. The Morgan fingerprint density at radius 1 is 1.55 bits per heavy atom. The molecule has 0 saturated heterocycles. The zero-order valence-corrected chi connectivity index (χ0v) is 8.61. The van der Waals surface area contributed by atoms with E-state index in [9.17, 15) is 4.39 Å². The van der Waals surface area contributed by atoms with Gasteiger partial charge in [-0.1, -0.05) is 11.6 Å². The highest BCUT2D eigenvalue weighted by Gasteiger charge is 2.09. The maximum absolute atomic E-state index is 13.0. The van der Waals surface area contributed by atoms with E-state index in [4.69, 9.17) is 16.3 Å². The fourth-order valence-electron chi connectivity index (χ4n) is 0.696. The fraction of sp³-hybridized carbons (Fsp3) is 0.143. The molecule has 0 aliphatic heterocycles. The first kappa shape index (κ1) is 9.06. The summed E-state index contributed by atoms with van der Waals surface area (Å²) < 4.78 is 18.3. The van der Waals surface area contributed by atoms with Gasteiger partial charge in [0.15, 0.2) is 11.6 Å². The summed E-state index contributed by atoms with van der Waals surface area (Å²) in [7, 11) is 1.39. The molecule has 0 atom stereocenters. The van der Waals surface area contributed by atoms with Gasteiger partial charge in [-0.2, -0.15) is 0 Å². The molecule has 0 saturated carbocycles. The maximum atomic E-state index is 13.0. The van der Waals surface area contributed by atoms with E-state index in [2.05, 4.69) is 0 Å². The van der Waals surface area contributed by atoms with Crippen LogP contribution in [0, 0.1) is 9.39 Å². The molecule has 0 radical (unpaired) electrons. The van der Waals surface area contributed by atoms with Gasteiger partial charge in [0.25, 0.3) is 0 Å². The van der Waals surface area contributed by atoms with Crippen molar-refractivity contribution in [3.63, 3.8) is 0 Å². The lowest BCUT2D eigenvalue weighted by molar-refractivity contribution is 0.385. The third-order valence-corrected chi connectivity index (χ3v) is 2.34. The molecule has 0 aliphatic carbocycles. The minimum atomic E-state index is -0.402. The summed E-state index contributed by atoms with van der Waals surface area (Å²) in [6, 6.07) is 3.20. The van der Waals surface area contributed by atoms with Crippen molar-refractivity contribution in [2.75, 3.05) is 7.11 Å². The molecular weight excluding hydrogens is 281 g/mol. The van der Waals surface area contributed by atoms with Crippen LogP contribution in [0.3, 0.4) is 0 Å². The average molecular weight is 286 g/mol. The van der Waals surface area contributed by atoms with Gasteiger partial charge in [-0.15, -0.1) is 0 Å². The van der Waals surface area contributed by atoms with Gasteiger partial charge in [-0.25, -0.2) is 4.39 Å². The van der Waals surface area contributed by atoms with Crippen molar-refractivity contribution in [3.05, 3.63) is 26.5 Å². The molecule has 0 aliphatic rings. The summed E-state index contributed by atoms with van der Waals surface area (Å²) >= 11 is 7.51. The number of ether oxygens (including phenoxy) is 1. The number of hydrogen-bond donors (Lipinski definition) is 0. The molecule has 0 heterocycles. The van der Waals surface area contributed by atoms with Gasteiger partial charge in [0.05, 0.1) is 15.7 Å². The second kappa shape index (κ2) is 3.58. The number of halogens is 3. The minimum absolute atomic E-state index is 0.110. The van der Waals surface area contributed by atoms with E-state index >= 15 is 0 Å². The first-order chi connectivity index (χ1) is 5.16. The molecule has 1 aromatic carbocycles. The van der Waals surface area contributed by atoms with Crippen molar-refractivity contribution >= 4 is 34.2 Å². The van der Waals surface area contributed by atoms with Crippen LogP contribution in [0.5, 0.6) is 5.75 Å². The SMILES string of the molecule is COc1c(Cl)ccc(I)c1F. The Hall–Kier alpha value is -0.0300. The molecule has 1 rings (SSSR count). The summed E-state index contributed by atoms with van der Waals surface area (Å²) in [6.45, 7) is 0. The van der Waals surface area contributed by atoms with Gasteiger partial charge in [0.2, 0.25) is 0 Å². The van der Waals surface area contributed by atoms with Crippen LogP contribution in [0.4, 0.5) is 4.39 Å². The van der Waals surface area contributed by atoms with Crippen molar-refractivity contribution in [1.29, 1.82) is 0 Å². The monoisotopic (exact) mass is 286 g/mol. The third kappa shape index (κ3) is 1.76. The second-order valence-corrected chi connectivity index (χ2v) is 3.45. The van der Waals surface area contributed by atoms with Crippen molar-refractivity contribution in [2.45, 2.75) is 0 Å². The Morgan fingerprint density at radius 3 is 2.64 bits per heavy atom. The van der Waals surface area contributed by atoms with Crippen LogP contribution < -0.4 is 4.74 Å². The summed E-state index contributed by atoms with van der Waals surface area (Å²) in [6.07, 6.45) is 0. The normalized spacial score (nSPS) is 9.82. The van der Waals surface area contributed by atoms with Gasteiger partial charge in [-0.3, -0.25) is 0 Å². The molecule has 1 nitrogen and oxygen atoms in total. The van der Waals surface area contributed by atoms with Crippen LogP contribution in [0.2, 0.25) is 5.02 Å². The predicted octanol–water partition coefficient (Wildman–Crippen LogP) is 3.09. The number of hydrogen-bond acceptors (Lipinski definition) is 1. The quantitative estimate of drug-likeness (QED) is 0.569. The number of rotatable bonds is 1. The van der Waals surface area contributed by atoms with E-state index in [0.29, 0.717) is 8.59 Å². The van der Waals surface area contributed by atoms with Crippen molar-refractivity contribution in [2.24, 2.45) is 0 Å². The summed E-state index contributed by atoms with van der Waals surface area (Å²) in [4.78, 5) is 0. The zero-order chi connectivity index (χ0) is 8.43. The Labute approximate surface area is 82.6 Å². The molecule has 4 heteroatoms. The highest BCUT2D eigenvalue weighted by atomic mass is 127. The van der Waals surface area contributed by atoms with Gasteiger partial charge in [-0.05, 0) is 34.7 Å².